The molecule has 0 spiro atoms. The maximum Gasteiger partial charge on any atom is 0.404 e. The Morgan fingerprint density at radius 1 is 1.14 bits per heavy atom. The Labute approximate surface area is 241 Å². The van der Waals surface area contributed by atoms with E-state index in [1.165, 1.54) is 31.4 Å². The molecule has 1 aliphatic heterocycles. The highest BCUT2D eigenvalue weighted by Crippen LogP contribution is 2.35. The van der Waals surface area contributed by atoms with Crippen LogP contribution in [0.5, 0.6) is 11.5 Å². The molecule has 4 rings (SSSR count). The predicted molar refractivity (Wildman–Crippen MR) is 153 cm³/mol. The smallest absolute Gasteiger partial charge is 0.404 e. The molecule has 12 heteroatoms. The number of phenols is 1. The van der Waals surface area contributed by atoms with Crippen LogP contribution in [0.2, 0.25) is 0 Å². The third kappa shape index (κ3) is 6.73. The fourth-order valence-electron chi connectivity index (χ4n) is 4.73. The number of benzene rings is 2. The van der Waals surface area contributed by atoms with Crippen LogP contribution in [-0.2, 0) is 20.6 Å². The first-order chi connectivity index (χ1) is 19.8. The van der Waals surface area contributed by atoms with Crippen molar-refractivity contribution in [2.45, 2.75) is 64.3 Å². The topological polar surface area (TPSA) is 180 Å². The Balaban J connectivity index is 1.54. The van der Waals surface area contributed by atoms with Gasteiger partial charge in [-0.2, -0.15) is 0 Å². The number of nitrogens with one attached hydrogen (secondary N) is 1. The van der Waals surface area contributed by atoms with Crippen LogP contribution in [0.3, 0.4) is 0 Å². The Hall–Kier alpha value is -4.39. The first kappa shape index (κ1) is 30.6. The zero-order valence-electron chi connectivity index (χ0n) is 23.9. The first-order valence-corrected chi connectivity index (χ1v) is 13.1. The summed E-state index contributed by atoms with van der Waals surface area (Å²) in [5.74, 6) is -0.298. The molecule has 224 valence electrons. The average molecular weight is 583 g/mol. The number of hydrogen-bond donors (Lipinski definition) is 4. The van der Waals surface area contributed by atoms with Crippen molar-refractivity contribution in [2.24, 2.45) is 5.73 Å². The summed E-state index contributed by atoms with van der Waals surface area (Å²) in [6.07, 6.45) is -3.48. The second-order valence-corrected chi connectivity index (χ2v) is 10.7. The number of primary amides is 1. The SMILES string of the molecule is CO[C@@H]1C(OC(N)=O)[C@H](O)[C@H](Oc2ccc3cc(NC(=O)c4ccc(O)c(CC=C(C)C)c4)c(=O)oc3c2)OC1(C)C. The quantitative estimate of drug-likeness (QED) is 0.226. The maximum absolute atomic E-state index is 12.9. The van der Waals surface area contributed by atoms with E-state index in [1.807, 2.05) is 19.9 Å². The van der Waals surface area contributed by atoms with E-state index in [0.29, 0.717) is 17.4 Å². The van der Waals surface area contributed by atoms with E-state index in [4.69, 9.17) is 29.1 Å². The molecular formula is C30H34N2O10. The van der Waals surface area contributed by atoms with Crippen LogP contribution >= 0.6 is 0 Å². The van der Waals surface area contributed by atoms with Crippen molar-refractivity contribution in [1.82, 2.24) is 0 Å². The number of allylic oxidation sites excluding steroid dienone is 2. The zero-order valence-corrected chi connectivity index (χ0v) is 23.9. The lowest BCUT2D eigenvalue weighted by molar-refractivity contribution is -0.304. The number of carbonyl (C=O) groups excluding carboxylic acids is 2. The first-order valence-electron chi connectivity index (χ1n) is 13.1. The number of anilines is 1. The summed E-state index contributed by atoms with van der Waals surface area (Å²) >= 11 is 0. The second kappa shape index (κ2) is 12.2. The summed E-state index contributed by atoms with van der Waals surface area (Å²) in [6.45, 7) is 7.23. The number of methoxy groups -OCH3 is 1. The standard InChI is InChI=1S/C30H34N2O10/c1-15(2)6-7-16-12-18(9-11-21(16)33)26(35)32-20-13-17-8-10-19(14-22(17)40-27(20)36)39-28-23(34)24(41-29(31)37)25(38-5)30(3,4)42-28/h6,8-14,23-25,28,33-34H,7H2,1-5H3,(H2,31,37)(H,32,35)/t23-,24?,25+,28+/m0/s1. The van der Waals surface area contributed by atoms with Crippen LogP contribution in [-0.4, -0.2) is 59.5 Å². The van der Waals surface area contributed by atoms with Crippen LogP contribution in [0.4, 0.5) is 10.5 Å². The van der Waals surface area contributed by atoms with Gasteiger partial charge in [-0.3, -0.25) is 4.79 Å². The van der Waals surface area contributed by atoms with E-state index in [-0.39, 0.29) is 28.3 Å². The lowest BCUT2D eigenvalue weighted by Crippen LogP contribution is -2.65. The van der Waals surface area contributed by atoms with Gasteiger partial charge in [0.1, 0.15) is 28.9 Å². The van der Waals surface area contributed by atoms with Crippen LogP contribution < -0.4 is 21.4 Å². The number of nitrogens with two attached hydrogens (primary N) is 1. The molecule has 0 aliphatic carbocycles. The fraction of sp³-hybridized carbons (Fsp3) is 0.367. The van der Waals surface area contributed by atoms with E-state index >= 15 is 0 Å². The van der Waals surface area contributed by atoms with Crippen molar-refractivity contribution in [3.8, 4) is 11.5 Å². The largest absolute Gasteiger partial charge is 0.508 e. The molecule has 5 N–H and O–H groups in total. The van der Waals surface area contributed by atoms with Crippen molar-refractivity contribution in [1.29, 1.82) is 0 Å². The van der Waals surface area contributed by atoms with Crippen molar-refractivity contribution >= 4 is 28.7 Å². The molecule has 1 aromatic heterocycles. The van der Waals surface area contributed by atoms with Gasteiger partial charge in [0, 0.05) is 24.1 Å². The third-order valence-electron chi connectivity index (χ3n) is 6.80. The lowest BCUT2D eigenvalue weighted by atomic mass is 9.89. The monoisotopic (exact) mass is 582 g/mol. The Bertz CT molecular complexity index is 1570. The van der Waals surface area contributed by atoms with Crippen molar-refractivity contribution in [2.75, 3.05) is 12.4 Å². The second-order valence-electron chi connectivity index (χ2n) is 10.7. The molecule has 1 fully saturated rings. The van der Waals surface area contributed by atoms with Gasteiger partial charge in [0.15, 0.2) is 12.2 Å². The normalized spacial score (nSPS) is 21.4. The van der Waals surface area contributed by atoms with Crippen molar-refractivity contribution < 1.29 is 43.2 Å². The molecule has 2 aromatic carbocycles. The molecule has 42 heavy (non-hydrogen) atoms. The summed E-state index contributed by atoms with van der Waals surface area (Å²) < 4.78 is 27.7. The number of amides is 2. The van der Waals surface area contributed by atoms with Crippen LogP contribution in [0.25, 0.3) is 11.0 Å². The molecule has 0 saturated carbocycles. The van der Waals surface area contributed by atoms with Gasteiger partial charge in [-0.25, -0.2) is 9.59 Å². The van der Waals surface area contributed by atoms with Crippen LogP contribution in [0.15, 0.2) is 63.3 Å². The van der Waals surface area contributed by atoms with Crippen molar-refractivity contribution in [3.05, 3.63) is 75.7 Å². The Morgan fingerprint density at radius 3 is 2.55 bits per heavy atom. The molecule has 1 unspecified atom stereocenters. The van der Waals surface area contributed by atoms with Gasteiger partial charge in [0.25, 0.3) is 5.91 Å². The summed E-state index contributed by atoms with van der Waals surface area (Å²) in [5, 5.41) is 24.0. The van der Waals surface area contributed by atoms with E-state index in [2.05, 4.69) is 5.32 Å². The number of aliphatic hydroxyl groups is 1. The Morgan fingerprint density at radius 2 is 1.88 bits per heavy atom. The molecular weight excluding hydrogens is 548 g/mol. The van der Waals surface area contributed by atoms with Gasteiger partial charge in [-0.05, 0) is 76.1 Å². The average Bonchev–Trinajstić information content (AvgIpc) is 2.91. The molecule has 4 atom stereocenters. The third-order valence-corrected chi connectivity index (χ3v) is 6.80. The highest BCUT2D eigenvalue weighted by atomic mass is 16.7. The summed E-state index contributed by atoms with van der Waals surface area (Å²) in [5.41, 5.74) is 5.31. The molecule has 1 saturated heterocycles. The van der Waals surface area contributed by atoms with Crippen LogP contribution in [0, 0.1) is 0 Å². The van der Waals surface area contributed by atoms with E-state index in [0.717, 1.165) is 5.57 Å². The number of hydrogen-bond acceptors (Lipinski definition) is 10. The van der Waals surface area contributed by atoms with Gasteiger partial charge in [-0.1, -0.05) is 11.6 Å². The summed E-state index contributed by atoms with van der Waals surface area (Å²) in [4.78, 5) is 37.1. The van der Waals surface area contributed by atoms with Gasteiger partial charge in [0.2, 0.25) is 6.29 Å². The summed E-state index contributed by atoms with van der Waals surface area (Å²) in [6, 6.07) is 10.5. The fourth-order valence-corrected chi connectivity index (χ4v) is 4.73. The number of carbonyl (C=O) groups is 2. The minimum absolute atomic E-state index is 0.0661. The predicted octanol–water partition coefficient (Wildman–Crippen LogP) is 3.61. The molecule has 0 bridgehead atoms. The molecule has 12 nitrogen and oxygen atoms in total. The number of fused-ring (bicyclic) bond motifs is 1. The Kier molecular flexibility index (Phi) is 8.90. The number of aromatic hydroxyl groups is 1. The molecule has 2 heterocycles. The number of phenolic OH excluding ortho intramolecular Hbond substituents is 1. The molecule has 1 aliphatic rings. The van der Waals surface area contributed by atoms with Gasteiger partial charge < -0.3 is 44.6 Å². The van der Waals surface area contributed by atoms with Crippen LogP contribution in [0.1, 0.15) is 43.6 Å². The molecule has 0 radical (unpaired) electrons. The number of ether oxygens (including phenoxy) is 4. The molecule has 3 aromatic rings. The molecule has 2 amide bonds. The zero-order chi connectivity index (χ0) is 30.8. The van der Waals surface area contributed by atoms with Gasteiger partial charge in [0.05, 0.1) is 5.60 Å². The maximum atomic E-state index is 12.9. The van der Waals surface area contributed by atoms with Crippen molar-refractivity contribution in [3.63, 3.8) is 0 Å². The van der Waals surface area contributed by atoms with E-state index < -0.39 is 47.8 Å². The van der Waals surface area contributed by atoms with E-state index in [1.54, 1.807) is 32.0 Å². The minimum Gasteiger partial charge on any atom is -0.508 e. The highest BCUT2D eigenvalue weighted by molar-refractivity contribution is 6.05. The van der Waals surface area contributed by atoms with Gasteiger partial charge in [-0.15, -0.1) is 0 Å². The lowest BCUT2D eigenvalue weighted by Gasteiger charge is -2.47. The highest BCUT2D eigenvalue weighted by Gasteiger charge is 2.53. The number of rotatable bonds is 8. The number of aliphatic hydroxyl groups excluding tert-OH is 1. The minimum atomic E-state index is -1.46. The summed E-state index contributed by atoms with van der Waals surface area (Å²) in [7, 11) is 1.39. The van der Waals surface area contributed by atoms with E-state index in [9.17, 15) is 24.6 Å². The van der Waals surface area contributed by atoms with Gasteiger partial charge >= 0.3 is 11.7 Å².